The number of ether oxygens (including phenoxy) is 1. The fraction of sp³-hybridized carbons (Fsp3) is 0.429. The number of carbonyl (C=O) groups excluding carboxylic acids is 2. The van der Waals surface area contributed by atoms with Gasteiger partial charge in [-0.25, -0.2) is 14.8 Å². The zero-order chi connectivity index (χ0) is 37.6. The average Bonchev–Trinajstić information content (AvgIpc) is 4.03. The maximum absolute atomic E-state index is 13.7. The minimum atomic E-state index is -0.692. The topological polar surface area (TPSA) is 135 Å². The van der Waals surface area contributed by atoms with Crippen molar-refractivity contribution in [2.24, 2.45) is 5.92 Å². The largest absolute Gasteiger partial charge is 0.453 e. The molecular formula is C42H49N9O3. The molecule has 0 saturated carbocycles. The van der Waals surface area contributed by atoms with Crippen molar-refractivity contribution in [1.29, 1.82) is 0 Å². The van der Waals surface area contributed by atoms with Crippen LogP contribution in [0, 0.1) is 29.6 Å². The summed E-state index contributed by atoms with van der Waals surface area (Å²) in [6.45, 7) is 9.52. The number of H-pyrrole nitrogens is 2. The fourth-order valence-corrected chi connectivity index (χ4v) is 7.51. The van der Waals surface area contributed by atoms with Crippen LogP contribution in [0.1, 0.15) is 74.5 Å². The molecule has 5 heterocycles. The number of alkyl carbamates (subject to hydrolysis) is 1. The molecule has 12 heteroatoms. The van der Waals surface area contributed by atoms with E-state index >= 15 is 0 Å². The second-order valence-electron chi connectivity index (χ2n) is 14.7. The molecule has 0 bridgehead atoms. The molecule has 0 spiro atoms. The molecule has 2 aromatic heterocycles. The smallest absolute Gasteiger partial charge is 0.407 e. The number of nitrogens with one attached hydrogen (secondary N) is 4. The highest BCUT2D eigenvalue weighted by atomic mass is 16.5. The Kier molecular flexibility index (Phi) is 11.3. The Morgan fingerprint density at radius 2 is 1.65 bits per heavy atom. The molecule has 3 aliphatic rings. The Morgan fingerprint density at radius 1 is 0.889 bits per heavy atom. The van der Waals surface area contributed by atoms with E-state index in [-0.39, 0.29) is 23.9 Å². The first-order valence-corrected chi connectivity index (χ1v) is 19.0. The second-order valence-corrected chi connectivity index (χ2v) is 14.7. The van der Waals surface area contributed by atoms with Crippen molar-refractivity contribution in [3.05, 3.63) is 77.8 Å². The van der Waals surface area contributed by atoms with Crippen molar-refractivity contribution in [2.45, 2.75) is 57.7 Å². The van der Waals surface area contributed by atoms with Gasteiger partial charge in [-0.05, 0) is 98.3 Å². The van der Waals surface area contributed by atoms with Gasteiger partial charge in [-0.2, -0.15) is 0 Å². The number of likely N-dealkylation sites (tertiary alicyclic amines) is 1. The molecule has 3 fully saturated rings. The third kappa shape index (κ3) is 8.31. The van der Waals surface area contributed by atoms with E-state index in [2.05, 4.69) is 96.4 Å². The standard InChI is InChI=1S/C42H49N9O3/c1-28(2)38(48-42(53)54-4)41(52)51-20-8-12-37(51)40-45-27-36(47-40)31-14-13-29(9-5-6-10-32-26-44-39(46-32)35-11-7-19-43-35)34(25-31)30-15-17-33(18-16-30)50-23-21-49(3)22-24-50/h13-18,25-28,35,37-38,43H,7-8,11-12,19-24H2,1-4H3,(H,44,46)(H,45,47)(H,48,53)/t35-,37-,38-/m0/s1. The molecule has 0 radical (unpaired) electrons. The average molecular weight is 728 g/mol. The Balaban J connectivity index is 1.15. The van der Waals surface area contributed by atoms with Crippen LogP contribution in [0.15, 0.2) is 54.9 Å². The first-order chi connectivity index (χ1) is 26.3. The van der Waals surface area contributed by atoms with Crippen LogP contribution in [0.4, 0.5) is 10.5 Å². The van der Waals surface area contributed by atoms with Gasteiger partial charge in [0, 0.05) is 49.5 Å². The number of aromatic nitrogens is 4. The van der Waals surface area contributed by atoms with Gasteiger partial charge >= 0.3 is 6.09 Å². The summed E-state index contributed by atoms with van der Waals surface area (Å²) >= 11 is 0. The number of rotatable bonds is 8. The molecule has 4 N–H and O–H groups in total. The van der Waals surface area contributed by atoms with E-state index in [0.717, 1.165) is 104 Å². The molecule has 0 unspecified atom stereocenters. The van der Waals surface area contributed by atoms with Crippen LogP contribution in [-0.4, -0.2) is 101 Å². The molecule has 0 aliphatic carbocycles. The van der Waals surface area contributed by atoms with Gasteiger partial charge < -0.3 is 40.0 Å². The highest BCUT2D eigenvalue weighted by Gasteiger charge is 2.37. The van der Waals surface area contributed by atoms with Crippen LogP contribution in [0.2, 0.25) is 0 Å². The van der Waals surface area contributed by atoms with Crippen molar-refractivity contribution in [3.8, 4) is 46.1 Å². The molecule has 2 aromatic carbocycles. The number of piperazine rings is 1. The summed E-state index contributed by atoms with van der Waals surface area (Å²) in [4.78, 5) is 48.5. The van der Waals surface area contributed by atoms with E-state index in [1.54, 1.807) is 6.20 Å². The number of hydrogen-bond donors (Lipinski definition) is 4. The summed E-state index contributed by atoms with van der Waals surface area (Å²) in [5, 5.41) is 6.18. The van der Waals surface area contributed by atoms with E-state index in [0.29, 0.717) is 6.54 Å². The summed E-state index contributed by atoms with van der Waals surface area (Å²) in [6.07, 6.45) is 6.83. The number of imidazole rings is 2. The lowest BCUT2D eigenvalue weighted by molar-refractivity contribution is -0.135. The number of carbonyl (C=O) groups is 2. The lowest BCUT2D eigenvalue weighted by Gasteiger charge is -2.34. The molecule has 4 aromatic rings. The van der Waals surface area contributed by atoms with Gasteiger partial charge in [0.1, 0.15) is 23.4 Å². The summed E-state index contributed by atoms with van der Waals surface area (Å²) in [7, 11) is 3.47. The summed E-state index contributed by atoms with van der Waals surface area (Å²) in [5.41, 5.74) is 6.68. The number of amides is 2. The van der Waals surface area contributed by atoms with Gasteiger partial charge in [0.2, 0.25) is 5.91 Å². The van der Waals surface area contributed by atoms with Crippen LogP contribution in [-0.2, 0) is 9.53 Å². The Bertz CT molecular complexity index is 2070. The number of nitrogens with zero attached hydrogens (tertiary/aromatic N) is 5. The quantitative estimate of drug-likeness (QED) is 0.185. The zero-order valence-electron chi connectivity index (χ0n) is 31.5. The maximum Gasteiger partial charge on any atom is 0.407 e. The van der Waals surface area contributed by atoms with E-state index in [1.165, 1.54) is 12.8 Å². The fourth-order valence-electron chi connectivity index (χ4n) is 7.51. The number of anilines is 1. The molecule has 54 heavy (non-hydrogen) atoms. The van der Waals surface area contributed by atoms with E-state index in [1.807, 2.05) is 37.1 Å². The molecule has 7 rings (SSSR count). The number of likely N-dealkylation sites (N-methyl/N-ethyl adjacent to an activating group) is 1. The van der Waals surface area contributed by atoms with Crippen LogP contribution in [0.25, 0.3) is 22.4 Å². The van der Waals surface area contributed by atoms with Gasteiger partial charge in [0.05, 0.1) is 37.3 Å². The van der Waals surface area contributed by atoms with Gasteiger partial charge in [-0.1, -0.05) is 38.0 Å². The van der Waals surface area contributed by atoms with Crippen molar-refractivity contribution in [2.75, 3.05) is 58.3 Å². The molecule has 3 saturated heterocycles. The zero-order valence-corrected chi connectivity index (χ0v) is 31.5. The lowest BCUT2D eigenvalue weighted by atomic mass is 9.96. The van der Waals surface area contributed by atoms with E-state index in [4.69, 9.17) is 9.72 Å². The maximum atomic E-state index is 13.7. The summed E-state index contributed by atoms with van der Waals surface area (Å²) in [5.74, 6) is 13.9. The van der Waals surface area contributed by atoms with Gasteiger partial charge in [0.25, 0.3) is 0 Å². The molecule has 3 atom stereocenters. The van der Waals surface area contributed by atoms with Gasteiger partial charge in [-0.3, -0.25) is 4.79 Å². The predicted molar refractivity (Wildman–Crippen MR) is 209 cm³/mol. The van der Waals surface area contributed by atoms with Crippen molar-refractivity contribution in [1.82, 2.24) is 40.4 Å². The van der Waals surface area contributed by atoms with E-state index < -0.39 is 12.1 Å². The van der Waals surface area contributed by atoms with Crippen molar-refractivity contribution < 1.29 is 14.3 Å². The summed E-state index contributed by atoms with van der Waals surface area (Å²) in [6, 6.07) is 14.3. The third-order valence-electron chi connectivity index (χ3n) is 10.7. The van der Waals surface area contributed by atoms with Crippen LogP contribution in [0.3, 0.4) is 0 Å². The summed E-state index contributed by atoms with van der Waals surface area (Å²) < 4.78 is 4.79. The number of benzene rings is 2. The monoisotopic (exact) mass is 727 g/mol. The van der Waals surface area contributed by atoms with Gasteiger partial charge in [-0.15, -0.1) is 0 Å². The SMILES string of the molecule is COC(=O)N[C@H](C(=O)N1CCC[C@H]1c1ncc(-c2ccc(C#CC#Cc3cnc([C@@H]4CCCN4)[nH]3)c(-c3ccc(N4CCN(C)CC4)cc3)c2)[nH]1)C(C)C. The first-order valence-electron chi connectivity index (χ1n) is 19.0. The third-order valence-corrected chi connectivity index (χ3v) is 10.7. The van der Waals surface area contributed by atoms with Crippen molar-refractivity contribution in [3.63, 3.8) is 0 Å². The second kappa shape index (κ2) is 16.6. The minimum Gasteiger partial charge on any atom is -0.453 e. The Hall–Kier alpha value is -5.56. The number of aromatic amines is 2. The lowest BCUT2D eigenvalue weighted by Crippen LogP contribution is -2.51. The predicted octanol–water partition coefficient (Wildman–Crippen LogP) is 5.09. The van der Waals surface area contributed by atoms with E-state index in [9.17, 15) is 9.59 Å². The van der Waals surface area contributed by atoms with Crippen molar-refractivity contribution >= 4 is 17.7 Å². The molecular weight excluding hydrogens is 679 g/mol. The Labute approximate surface area is 317 Å². The number of methoxy groups -OCH3 is 1. The normalized spacial score (nSPS) is 19.2. The molecule has 12 nitrogen and oxygen atoms in total. The Morgan fingerprint density at radius 3 is 2.39 bits per heavy atom. The van der Waals surface area contributed by atoms with Crippen LogP contribution in [0.5, 0.6) is 0 Å². The minimum absolute atomic E-state index is 0.107. The van der Waals surface area contributed by atoms with Crippen LogP contribution < -0.4 is 15.5 Å². The molecule has 2 amide bonds. The highest BCUT2D eigenvalue weighted by Crippen LogP contribution is 2.35. The number of hydrogen-bond acceptors (Lipinski definition) is 8. The highest BCUT2D eigenvalue weighted by molar-refractivity contribution is 5.86. The van der Waals surface area contributed by atoms with Gasteiger partial charge in [0.15, 0.2) is 0 Å². The molecule has 280 valence electrons. The first kappa shape index (κ1) is 36.8. The molecule has 3 aliphatic heterocycles. The van der Waals surface area contributed by atoms with Crippen LogP contribution >= 0.6 is 0 Å².